The molecule has 3 aromatic rings. The van der Waals surface area contributed by atoms with Crippen LogP contribution in [0, 0.1) is 12.7 Å². The molecule has 1 amide bonds. The summed E-state index contributed by atoms with van der Waals surface area (Å²) in [5.41, 5.74) is 1.72. The topological polar surface area (TPSA) is 72.9 Å². The molecule has 8 heteroatoms. The average Bonchev–Trinajstić information content (AvgIpc) is 3.19. The van der Waals surface area contributed by atoms with E-state index in [0.717, 1.165) is 16.9 Å². The van der Waals surface area contributed by atoms with E-state index in [2.05, 4.69) is 15.5 Å². The molecule has 2 aromatic heterocycles. The Kier molecular flexibility index (Phi) is 5.41. The van der Waals surface area contributed by atoms with E-state index in [1.807, 2.05) is 31.5 Å². The number of carbonyl (C=O) groups is 1. The molecule has 1 N–H and O–H groups in total. The van der Waals surface area contributed by atoms with E-state index < -0.39 is 0 Å². The van der Waals surface area contributed by atoms with Crippen molar-refractivity contribution in [1.82, 2.24) is 20.1 Å². The fourth-order valence-electron chi connectivity index (χ4n) is 2.54. The molecular weight excluding hydrogens is 355 g/mol. The van der Waals surface area contributed by atoms with Gasteiger partial charge in [0.15, 0.2) is 11.0 Å². The number of amides is 1. The van der Waals surface area contributed by atoms with Gasteiger partial charge in [-0.2, -0.15) is 0 Å². The number of hydrogen-bond acceptors (Lipinski definition) is 5. The van der Waals surface area contributed by atoms with Gasteiger partial charge in [-0.05, 0) is 37.6 Å². The molecule has 0 aliphatic rings. The molecule has 1 atom stereocenters. The number of carbonyl (C=O) groups excluding carboxylic acids is 1. The summed E-state index contributed by atoms with van der Waals surface area (Å²) in [6.07, 6.45) is 1.61. The largest absolute Gasteiger partial charge is 0.469 e. The number of nitrogens with one attached hydrogen (secondary N) is 1. The van der Waals surface area contributed by atoms with Crippen molar-refractivity contribution >= 4 is 17.7 Å². The second-order valence-electron chi connectivity index (χ2n) is 5.89. The van der Waals surface area contributed by atoms with E-state index in [1.165, 1.54) is 23.9 Å². The van der Waals surface area contributed by atoms with E-state index in [-0.39, 0.29) is 23.5 Å². The zero-order chi connectivity index (χ0) is 18.7. The first kappa shape index (κ1) is 18.2. The van der Waals surface area contributed by atoms with E-state index in [0.29, 0.717) is 11.0 Å². The van der Waals surface area contributed by atoms with E-state index in [1.54, 1.807) is 18.4 Å². The standard InChI is InChI=1S/C18H19FN4O2S/c1-11(13-4-6-14(19)7-5-13)20-16(24)10-26-18-22-21-17(23(18)3)15-8-9-25-12(15)2/h4-9,11H,10H2,1-3H3,(H,20,24). The first-order valence-electron chi connectivity index (χ1n) is 8.07. The van der Waals surface area contributed by atoms with E-state index in [4.69, 9.17) is 4.42 Å². The van der Waals surface area contributed by atoms with Gasteiger partial charge >= 0.3 is 0 Å². The summed E-state index contributed by atoms with van der Waals surface area (Å²) in [5.74, 6) is 1.24. The van der Waals surface area contributed by atoms with Crippen LogP contribution in [0.4, 0.5) is 4.39 Å². The molecule has 0 spiro atoms. The normalized spacial score (nSPS) is 12.2. The minimum Gasteiger partial charge on any atom is -0.469 e. The van der Waals surface area contributed by atoms with Gasteiger partial charge in [0.25, 0.3) is 0 Å². The SMILES string of the molecule is Cc1occc1-c1nnc(SCC(=O)NC(C)c2ccc(F)cc2)n1C. The van der Waals surface area contributed by atoms with Crippen LogP contribution in [0.25, 0.3) is 11.4 Å². The van der Waals surface area contributed by atoms with Gasteiger partial charge in [0.05, 0.1) is 23.6 Å². The van der Waals surface area contributed by atoms with Gasteiger partial charge < -0.3 is 14.3 Å². The maximum Gasteiger partial charge on any atom is 0.230 e. The van der Waals surface area contributed by atoms with Crippen LogP contribution in [0.3, 0.4) is 0 Å². The summed E-state index contributed by atoms with van der Waals surface area (Å²) < 4.78 is 20.1. The fourth-order valence-corrected chi connectivity index (χ4v) is 3.26. The Bertz CT molecular complexity index is 904. The number of rotatable bonds is 6. The lowest BCUT2D eigenvalue weighted by atomic mass is 10.1. The zero-order valence-electron chi connectivity index (χ0n) is 14.7. The third-order valence-electron chi connectivity index (χ3n) is 4.01. The van der Waals surface area contributed by atoms with Gasteiger partial charge in [0, 0.05) is 7.05 Å². The fraction of sp³-hybridized carbons (Fsp3) is 0.278. The van der Waals surface area contributed by atoms with Crippen LogP contribution in [0.5, 0.6) is 0 Å². The quantitative estimate of drug-likeness (QED) is 0.669. The highest BCUT2D eigenvalue weighted by Gasteiger charge is 2.16. The third-order valence-corrected chi connectivity index (χ3v) is 5.03. The highest BCUT2D eigenvalue weighted by Crippen LogP contribution is 2.25. The molecule has 3 rings (SSSR count). The molecule has 0 saturated carbocycles. The molecule has 0 radical (unpaired) electrons. The predicted molar refractivity (Wildman–Crippen MR) is 97.1 cm³/mol. The molecule has 0 aliphatic heterocycles. The lowest BCUT2D eigenvalue weighted by Gasteiger charge is -2.14. The summed E-state index contributed by atoms with van der Waals surface area (Å²) in [4.78, 5) is 12.2. The molecule has 1 aromatic carbocycles. The number of aryl methyl sites for hydroxylation is 1. The predicted octanol–water partition coefficient (Wildman–Crippen LogP) is 3.49. The van der Waals surface area contributed by atoms with Crippen LogP contribution in [0.1, 0.15) is 24.3 Å². The highest BCUT2D eigenvalue weighted by molar-refractivity contribution is 7.99. The number of hydrogen-bond donors (Lipinski definition) is 1. The number of thioether (sulfide) groups is 1. The number of benzene rings is 1. The molecule has 0 bridgehead atoms. The second-order valence-corrected chi connectivity index (χ2v) is 6.83. The van der Waals surface area contributed by atoms with Crippen molar-refractivity contribution in [3.05, 3.63) is 53.7 Å². The molecule has 0 aliphatic carbocycles. The smallest absolute Gasteiger partial charge is 0.230 e. The van der Waals surface area contributed by atoms with Crippen molar-refractivity contribution in [2.24, 2.45) is 7.05 Å². The second kappa shape index (κ2) is 7.74. The maximum absolute atomic E-state index is 13.0. The van der Waals surface area contributed by atoms with E-state index >= 15 is 0 Å². The van der Waals surface area contributed by atoms with Gasteiger partial charge in [-0.1, -0.05) is 23.9 Å². The molecular formula is C18H19FN4O2S. The Balaban J connectivity index is 1.59. The minimum absolute atomic E-state index is 0.129. The lowest BCUT2D eigenvalue weighted by molar-refractivity contribution is -0.119. The molecule has 136 valence electrons. The zero-order valence-corrected chi connectivity index (χ0v) is 15.5. The van der Waals surface area contributed by atoms with Crippen molar-refractivity contribution in [3.8, 4) is 11.4 Å². The van der Waals surface area contributed by atoms with Crippen molar-refractivity contribution in [1.29, 1.82) is 0 Å². The Hall–Kier alpha value is -2.61. The van der Waals surface area contributed by atoms with Crippen molar-refractivity contribution in [2.75, 3.05) is 5.75 Å². The molecule has 6 nitrogen and oxygen atoms in total. The van der Waals surface area contributed by atoms with E-state index in [9.17, 15) is 9.18 Å². The summed E-state index contributed by atoms with van der Waals surface area (Å²) in [6, 6.07) is 7.72. The number of halogens is 1. The van der Waals surface area contributed by atoms with Gasteiger partial charge in [-0.3, -0.25) is 4.79 Å². The van der Waals surface area contributed by atoms with Crippen LogP contribution < -0.4 is 5.32 Å². The highest BCUT2D eigenvalue weighted by atomic mass is 32.2. The molecule has 0 saturated heterocycles. The minimum atomic E-state index is -0.297. The molecule has 1 unspecified atom stereocenters. The van der Waals surface area contributed by atoms with Crippen LogP contribution in [0.15, 0.2) is 46.2 Å². The van der Waals surface area contributed by atoms with Crippen LogP contribution in [-0.4, -0.2) is 26.4 Å². The summed E-state index contributed by atoms with van der Waals surface area (Å²) in [7, 11) is 1.85. The number of nitrogens with zero attached hydrogens (tertiary/aromatic N) is 3. The van der Waals surface area contributed by atoms with Gasteiger partial charge in [-0.15, -0.1) is 10.2 Å². The lowest BCUT2D eigenvalue weighted by Crippen LogP contribution is -2.28. The molecule has 26 heavy (non-hydrogen) atoms. The van der Waals surface area contributed by atoms with Gasteiger partial charge in [0.2, 0.25) is 5.91 Å². The van der Waals surface area contributed by atoms with Crippen LogP contribution in [-0.2, 0) is 11.8 Å². The molecule has 0 fully saturated rings. The Morgan fingerprint density at radius 1 is 1.31 bits per heavy atom. The van der Waals surface area contributed by atoms with Gasteiger partial charge in [-0.25, -0.2) is 4.39 Å². The van der Waals surface area contributed by atoms with Crippen molar-refractivity contribution in [3.63, 3.8) is 0 Å². The van der Waals surface area contributed by atoms with Crippen LogP contribution >= 0.6 is 11.8 Å². The first-order valence-corrected chi connectivity index (χ1v) is 9.05. The Morgan fingerprint density at radius 2 is 2.04 bits per heavy atom. The first-order chi connectivity index (χ1) is 12.5. The maximum atomic E-state index is 13.0. The third kappa shape index (κ3) is 3.96. The number of furan rings is 1. The molecule has 2 heterocycles. The Labute approximate surface area is 154 Å². The van der Waals surface area contributed by atoms with Crippen LogP contribution in [0.2, 0.25) is 0 Å². The Morgan fingerprint density at radius 3 is 2.69 bits per heavy atom. The van der Waals surface area contributed by atoms with Crippen molar-refractivity contribution < 1.29 is 13.6 Å². The number of aromatic nitrogens is 3. The van der Waals surface area contributed by atoms with Crippen molar-refractivity contribution in [2.45, 2.75) is 25.0 Å². The summed E-state index contributed by atoms with van der Waals surface area (Å²) in [6.45, 7) is 3.72. The average molecular weight is 374 g/mol. The van der Waals surface area contributed by atoms with Gasteiger partial charge in [0.1, 0.15) is 11.6 Å². The summed E-state index contributed by atoms with van der Waals surface area (Å²) >= 11 is 1.31. The summed E-state index contributed by atoms with van der Waals surface area (Å²) in [5, 5.41) is 11.9. The monoisotopic (exact) mass is 374 g/mol.